The van der Waals surface area contributed by atoms with Gasteiger partial charge in [-0.1, -0.05) is 12.1 Å². The van der Waals surface area contributed by atoms with Gasteiger partial charge in [0.2, 0.25) is 0 Å². The van der Waals surface area contributed by atoms with Gasteiger partial charge in [-0.15, -0.1) is 11.3 Å². The molecule has 0 N–H and O–H groups in total. The van der Waals surface area contributed by atoms with Crippen molar-refractivity contribution in [1.82, 2.24) is 14.8 Å². The minimum atomic E-state index is 0.0105. The van der Waals surface area contributed by atoms with Crippen molar-refractivity contribution in [3.63, 3.8) is 0 Å². The van der Waals surface area contributed by atoms with Crippen LogP contribution in [0.15, 0.2) is 53.9 Å². The number of rotatable bonds is 7. The van der Waals surface area contributed by atoms with Crippen LogP contribution in [0.25, 0.3) is 10.6 Å². The Morgan fingerprint density at radius 3 is 2.28 bits per heavy atom. The molecule has 0 radical (unpaired) electrons. The fourth-order valence-electron chi connectivity index (χ4n) is 3.71. The first-order valence-corrected chi connectivity index (χ1v) is 11.8. The van der Waals surface area contributed by atoms with Gasteiger partial charge in [-0.05, 0) is 55.8 Å². The van der Waals surface area contributed by atoms with Crippen LogP contribution >= 0.6 is 11.3 Å². The van der Waals surface area contributed by atoms with E-state index in [4.69, 9.17) is 9.47 Å². The molecule has 1 aromatic heterocycles. The Bertz CT molecular complexity index is 1020. The largest absolute Gasteiger partial charge is 0.497 e. The average Bonchev–Trinajstić information content (AvgIpc) is 3.30. The van der Waals surface area contributed by atoms with E-state index in [0.717, 1.165) is 41.7 Å². The molecule has 32 heavy (non-hydrogen) atoms. The maximum Gasteiger partial charge on any atom is 0.273 e. The molecule has 2 aromatic carbocycles. The summed E-state index contributed by atoms with van der Waals surface area (Å²) in [7, 11) is 1.68. The summed E-state index contributed by atoms with van der Waals surface area (Å²) in [4.78, 5) is 21.9. The molecule has 1 amide bonds. The van der Waals surface area contributed by atoms with Gasteiger partial charge in [0.1, 0.15) is 22.2 Å². The quantitative estimate of drug-likeness (QED) is 0.527. The predicted molar refractivity (Wildman–Crippen MR) is 127 cm³/mol. The van der Waals surface area contributed by atoms with Crippen molar-refractivity contribution in [1.29, 1.82) is 0 Å². The van der Waals surface area contributed by atoms with Gasteiger partial charge in [-0.2, -0.15) is 0 Å². The standard InChI is InChI=1S/C25H29N3O3S/c1-18(2)31-22-10-6-20(7-11-22)24-26-23(17-32-24)25(29)28-14-12-27(13-15-28)16-19-4-8-21(30-3)9-5-19/h4-11,17-18H,12-16H2,1-3H3. The number of methoxy groups -OCH3 is 1. The molecule has 0 unspecified atom stereocenters. The highest BCUT2D eigenvalue weighted by Gasteiger charge is 2.24. The van der Waals surface area contributed by atoms with Crippen LogP contribution in [-0.2, 0) is 6.54 Å². The van der Waals surface area contributed by atoms with Crippen LogP contribution in [0.2, 0.25) is 0 Å². The topological polar surface area (TPSA) is 54.9 Å². The number of carbonyl (C=O) groups is 1. The monoisotopic (exact) mass is 451 g/mol. The number of amides is 1. The number of thiazole rings is 1. The van der Waals surface area contributed by atoms with Gasteiger partial charge in [0.15, 0.2) is 0 Å². The fraction of sp³-hybridized carbons (Fsp3) is 0.360. The van der Waals surface area contributed by atoms with Crippen LogP contribution in [0.4, 0.5) is 0 Å². The zero-order valence-electron chi connectivity index (χ0n) is 18.8. The van der Waals surface area contributed by atoms with Gasteiger partial charge in [0.05, 0.1) is 13.2 Å². The summed E-state index contributed by atoms with van der Waals surface area (Å²) in [6.07, 6.45) is 0.140. The predicted octanol–water partition coefficient (Wildman–Crippen LogP) is 4.56. The van der Waals surface area contributed by atoms with E-state index in [1.807, 2.05) is 60.5 Å². The van der Waals surface area contributed by atoms with Crippen molar-refractivity contribution in [2.24, 2.45) is 0 Å². The van der Waals surface area contributed by atoms with Crippen LogP contribution in [-0.4, -0.2) is 60.1 Å². The average molecular weight is 452 g/mol. The molecule has 0 bridgehead atoms. The summed E-state index contributed by atoms with van der Waals surface area (Å²) in [5.74, 6) is 1.71. The third-order valence-electron chi connectivity index (χ3n) is 5.42. The first-order chi connectivity index (χ1) is 15.5. The molecule has 0 atom stereocenters. The molecular weight excluding hydrogens is 422 g/mol. The van der Waals surface area contributed by atoms with Crippen molar-refractivity contribution in [3.05, 3.63) is 65.2 Å². The van der Waals surface area contributed by atoms with E-state index in [-0.39, 0.29) is 12.0 Å². The zero-order chi connectivity index (χ0) is 22.5. The third kappa shape index (κ3) is 5.47. The number of hydrogen-bond acceptors (Lipinski definition) is 6. The van der Waals surface area contributed by atoms with E-state index >= 15 is 0 Å². The highest BCUT2D eigenvalue weighted by atomic mass is 32.1. The number of benzene rings is 2. The second-order valence-electron chi connectivity index (χ2n) is 8.15. The summed E-state index contributed by atoms with van der Waals surface area (Å²) >= 11 is 1.50. The second kappa shape index (κ2) is 10.1. The number of nitrogens with zero attached hydrogens (tertiary/aromatic N) is 3. The number of hydrogen-bond donors (Lipinski definition) is 0. The minimum Gasteiger partial charge on any atom is -0.497 e. The first-order valence-electron chi connectivity index (χ1n) is 10.9. The molecular formula is C25H29N3O3S. The SMILES string of the molecule is COc1ccc(CN2CCN(C(=O)c3csc(-c4ccc(OC(C)C)cc4)n3)CC2)cc1. The molecule has 1 fully saturated rings. The Balaban J connectivity index is 1.32. The van der Waals surface area contributed by atoms with E-state index in [9.17, 15) is 4.79 Å². The van der Waals surface area contributed by atoms with Crippen molar-refractivity contribution >= 4 is 17.2 Å². The summed E-state index contributed by atoms with van der Waals surface area (Å²) in [6, 6.07) is 16.0. The lowest BCUT2D eigenvalue weighted by molar-refractivity contribution is 0.0623. The van der Waals surface area contributed by atoms with E-state index in [2.05, 4.69) is 22.0 Å². The van der Waals surface area contributed by atoms with Gasteiger partial charge in [0.25, 0.3) is 5.91 Å². The second-order valence-corrected chi connectivity index (χ2v) is 9.00. The van der Waals surface area contributed by atoms with Crippen LogP contribution in [0.1, 0.15) is 29.9 Å². The van der Waals surface area contributed by atoms with Gasteiger partial charge >= 0.3 is 0 Å². The van der Waals surface area contributed by atoms with E-state index in [1.54, 1.807) is 7.11 Å². The highest BCUT2D eigenvalue weighted by molar-refractivity contribution is 7.13. The summed E-state index contributed by atoms with van der Waals surface area (Å²) in [6.45, 7) is 8.02. The zero-order valence-corrected chi connectivity index (χ0v) is 19.6. The van der Waals surface area contributed by atoms with Crippen molar-refractivity contribution in [2.45, 2.75) is 26.5 Å². The number of aromatic nitrogens is 1. The molecule has 2 heterocycles. The summed E-state index contributed by atoms with van der Waals surface area (Å²) in [5, 5.41) is 2.71. The molecule has 1 aliphatic rings. The molecule has 7 heteroatoms. The highest BCUT2D eigenvalue weighted by Crippen LogP contribution is 2.27. The molecule has 1 saturated heterocycles. The molecule has 168 valence electrons. The first kappa shape index (κ1) is 22.3. The Morgan fingerprint density at radius 1 is 1.00 bits per heavy atom. The van der Waals surface area contributed by atoms with Crippen molar-refractivity contribution in [2.75, 3.05) is 33.3 Å². The van der Waals surface area contributed by atoms with E-state index < -0.39 is 0 Å². The van der Waals surface area contributed by atoms with Gasteiger partial charge in [-0.3, -0.25) is 9.69 Å². The molecule has 0 saturated carbocycles. The summed E-state index contributed by atoms with van der Waals surface area (Å²) in [5.41, 5.74) is 2.77. The molecule has 1 aliphatic heterocycles. The molecule has 0 aliphatic carbocycles. The van der Waals surface area contributed by atoms with Gasteiger partial charge in [0, 0.05) is 43.7 Å². The molecule has 3 aromatic rings. The van der Waals surface area contributed by atoms with Gasteiger partial charge in [-0.25, -0.2) is 4.98 Å². The minimum absolute atomic E-state index is 0.0105. The van der Waals surface area contributed by atoms with Crippen LogP contribution < -0.4 is 9.47 Å². The third-order valence-corrected chi connectivity index (χ3v) is 6.31. The Hall–Kier alpha value is -2.90. The smallest absolute Gasteiger partial charge is 0.273 e. The lowest BCUT2D eigenvalue weighted by Gasteiger charge is -2.34. The van der Waals surface area contributed by atoms with Crippen LogP contribution in [0.3, 0.4) is 0 Å². The molecule has 0 spiro atoms. The van der Waals surface area contributed by atoms with E-state index in [1.165, 1.54) is 16.9 Å². The lowest BCUT2D eigenvalue weighted by Crippen LogP contribution is -2.48. The van der Waals surface area contributed by atoms with Gasteiger partial charge < -0.3 is 14.4 Å². The Labute approximate surface area is 193 Å². The lowest BCUT2D eigenvalue weighted by atomic mass is 10.2. The summed E-state index contributed by atoms with van der Waals surface area (Å²) < 4.78 is 10.9. The van der Waals surface area contributed by atoms with Crippen molar-refractivity contribution in [3.8, 4) is 22.1 Å². The van der Waals surface area contributed by atoms with Crippen LogP contribution in [0.5, 0.6) is 11.5 Å². The van der Waals surface area contributed by atoms with Crippen LogP contribution in [0, 0.1) is 0 Å². The number of carbonyl (C=O) groups excluding carboxylic acids is 1. The molecule has 4 rings (SSSR count). The number of ether oxygens (including phenoxy) is 2. The fourth-order valence-corrected chi connectivity index (χ4v) is 4.51. The maximum atomic E-state index is 13.0. The Morgan fingerprint density at radius 2 is 1.66 bits per heavy atom. The molecule has 6 nitrogen and oxygen atoms in total. The maximum absolute atomic E-state index is 13.0. The number of piperazine rings is 1. The Kier molecular flexibility index (Phi) is 7.07. The normalized spacial score (nSPS) is 14.6. The van der Waals surface area contributed by atoms with Crippen molar-refractivity contribution < 1.29 is 14.3 Å². The van der Waals surface area contributed by atoms with E-state index in [0.29, 0.717) is 18.8 Å².